The van der Waals surface area contributed by atoms with Crippen LogP contribution in [0.25, 0.3) is 0 Å². The van der Waals surface area contributed by atoms with Gasteiger partial charge in [-0.1, -0.05) is 29.3 Å². The Morgan fingerprint density at radius 3 is 2.95 bits per heavy atom. The minimum absolute atomic E-state index is 0.0445. The lowest BCUT2D eigenvalue weighted by molar-refractivity contribution is 0.148. The van der Waals surface area contributed by atoms with E-state index in [4.69, 9.17) is 26.8 Å². The zero-order valence-corrected chi connectivity index (χ0v) is 12.7. The number of ether oxygens (including phenoxy) is 2. The Morgan fingerprint density at radius 2 is 2.14 bits per heavy atom. The Kier molecular flexibility index (Phi) is 4.04. The molecule has 1 unspecified atom stereocenters. The highest BCUT2D eigenvalue weighted by Crippen LogP contribution is 2.30. The van der Waals surface area contributed by atoms with Gasteiger partial charge >= 0.3 is 0 Å². The molecular formula is C17H18ClNO2. The van der Waals surface area contributed by atoms with Crippen LogP contribution in [0.4, 0.5) is 0 Å². The second kappa shape index (κ2) is 5.96. The van der Waals surface area contributed by atoms with Crippen LogP contribution >= 0.6 is 11.6 Å². The first kappa shape index (κ1) is 14.2. The highest BCUT2D eigenvalue weighted by molar-refractivity contribution is 6.30. The second-order valence-electron chi connectivity index (χ2n) is 5.32. The first-order chi connectivity index (χ1) is 10.2. The smallest absolute Gasteiger partial charge is 0.137 e. The Morgan fingerprint density at radius 1 is 1.29 bits per heavy atom. The fraction of sp³-hybridized carbons (Fsp3) is 0.294. The summed E-state index contributed by atoms with van der Waals surface area (Å²) in [5.74, 6) is 1.74. The molecule has 0 amide bonds. The van der Waals surface area contributed by atoms with Crippen LogP contribution in [0, 0.1) is 6.92 Å². The van der Waals surface area contributed by atoms with Crippen molar-refractivity contribution in [3.05, 3.63) is 58.1 Å². The molecule has 1 aliphatic heterocycles. The Bertz CT molecular complexity index is 657. The van der Waals surface area contributed by atoms with Crippen LogP contribution in [-0.4, -0.2) is 12.7 Å². The minimum atomic E-state index is 0.0445. The van der Waals surface area contributed by atoms with Gasteiger partial charge < -0.3 is 15.2 Å². The summed E-state index contributed by atoms with van der Waals surface area (Å²) < 4.78 is 11.8. The molecule has 110 valence electrons. The van der Waals surface area contributed by atoms with Gasteiger partial charge in [-0.25, -0.2) is 0 Å². The SMILES string of the molecule is Cc1ccc2c(c1)CC(COc1ccc(Cl)cc1CN)O2. The first-order valence-corrected chi connectivity index (χ1v) is 7.41. The molecule has 3 nitrogen and oxygen atoms in total. The predicted octanol–water partition coefficient (Wildman–Crippen LogP) is 3.49. The average Bonchev–Trinajstić information content (AvgIpc) is 2.87. The standard InChI is InChI=1S/C17H18ClNO2/c1-11-2-4-17-12(6-11)8-15(21-17)10-20-16-5-3-14(18)7-13(16)9-19/h2-7,15H,8-10,19H2,1H3. The van der Waals surface area contributed by atoms with Crippen LogP contribution in [0.2, 0.25) is 5.02 Å². The molecule has 2 aromatic rings. The molecule has 3 rings (SSSR count). The topological polar surface area (TPSA) is 44.5 Å². The van der Waals surface area contributed by atoms with Gasteiger partial charge in [-0.15, -0.1) is 0 Å². The summed E-state index contributed by atoms with van der Waals surface area (Å²) in [6.45, 7) is 2.99. The number of rotatable bonds is 4. The highest BCUT2D eigenvalue weighted by atomic mass is 35.5. The van der Waals surface area contributed by atoms with E-state index in [1.807, 2.05) is 24.3 Å². The van der Waals surface area contributed by atoms with E-state index in [0.717, 1.165) is 23.5 Å². The van der Waals surface area contributed by atoms with Gasteiger partial charge in [0.1, 0.15) is 24.2 Å². The van der Waals surface area contributed by atoms with Crippen molar-refractivity contribution in [2.24, 2.45) is 5.73 Å². The third-order valence-corrected chi connectivity index (χ3v) is 3.86. The molecule has 1 aliphatic rings. The van der Waals surface area contributed by atoms with Gasteiger partial charge in [0.2, 0.25) is 0 Å². The van der Waals surface area contributed by atoms with Gasteiger partial charge in [-0.2, -0.15) is 0 Å². The summed E-state index contributed by atoms with van der Waals surface area (Å²) in [6.07, 6.45) is 0.922. The molecule has 0 fully saturated rings. The minimum Gasteiger partial charge on any atom is -0.489 e. The lowest BCUT2D eigenvalue weighted by atomic mass is 10.1. The highest BCUT2D eigenvalue weighted by Gasteiger charge is 2.23. The monoisotopic (exact) mass is 303 g/mol. The van der Waals surface area contributed by atoms with E-state index in [1.165, 1.54) is 11.1 Å². The van der Waals surface area contributed by atoms with Crippen molar-refractivity contribution in [1.82, 2.24) is 0 Å². The van der Waals surface area contributed by atoms with Gasteiger partial charge in [0.25, 0.3) is 0 Å². The quantitative estimate of drug-likeness (QED) is 0.940. The molecule has 0 bridgehead atoms. The van der Waals surface area contributed by atoms with E-state index in [0.29, 0.717) is 18.2 Å². The van der Waals surface area contributed by atoms with Gasteiger partial charge in [0.15, 0.2) is 0 Å². The maximum atomic E-state index is 5.96. The lowest BCUT2D eigenvalue weighted by Crippen LogP contribution is -2.22. The summed E-state index contributed by atoms with van der Waals surface area (Å²) in [5, 5.41) is 0.669. The fourth-order valence-corrected chi connectivity index (χ4v) is 2.77. The van der Waals surface area contributed by atoms with E-state index in [1.54, 1.807) is 0 Å². The molecule has 1 atom stereocenters. The third-order valence-electron chi connectivity index (χ3n) is 3.62. The number of benzene rings is 2. The maximum absolute atomic E-state index is 5.96. The molecule has 2 aromatic carbocycles. The maximum Gasteiger partial charge on any atom is 0.137 e. The van der Waals surface area contributed by atoms with Crippen LogP contribution in [0.3, 0.4) is 0 Å². The number of hydrogen-bond acceptors (Lipinski definition) is 3. The number of hydrogen-bond donors (Lipinski definition) is 1. The summed E-state index contributed by atoms with van der Waals surface area (Å²) in [6, 6.07) is 11.8. The zero-order chi connectivity index (χ0) is 14.8. The summed E-state index contributed by atoms with van der Waals surface area (Å²) >= 11 is 5.96. The van der Waals surface area contributed by atoms with Crippen LogP contribution in [0.15, 0.2) is 36.4 Å². The van der Waals surface area contributed by atoms with E-state index < -0.39 is 0 Å². The van der Waals surface area contributed by atoms with Crippen molar-refractivity contribution in [3.8, 4) is 11.5 Å². The largest absolute Gasteiger partial charge is 0.489 e. The Balaban J connectivity index is 1.65. The van der Waals surface area contributed by atoms with Gasteiger partial charge in [0.05, 0.1) is 0 Å². The number of aryl methyl sites for hydroxylation is 1. The molecule has 0 saturated carbocycles. The molecule has 21 heavy (non-hydrogen) atoms. The number of nitrogens with two attached hydrogens (primary N) is 1. The third kappa shape index (κ3) is 3.14. The van der Waals surface area contributed by atoms with Crippen molar-refractivity contribution in [2.75, 3.05) is 6.61 Å². The fourth-order valence-electron chi connectivity index (χ4n) is 2.57. The van der Waals surface area contributed by atoms with Gasteiger partial charge in [-0.05, 0) is 36.8 Å². The van der Waals surface area contributed by atoms with Gasteiger partial charge in [0, 0.05) is 23.6 Å². The van der Waals surface area contributed by atoms with E-state index in [9.17, 15) is 0 Å². The summed E-state index contributed by atoms with van der Waals surface area (Å²) in [5.41, 5.74) is 9.13. The van der Waals surface area contributed by atoms with Crippen LogP contribution in [-0.2, 0) is 13.0 Å². The molecule has 4 heteroatoms. The molecule has 2 N–H and O–H groups in total. The molecule has 0 radical (unpaired) electrons. The van der Waals surface area contributed by atoms with Gasteiger partial charge in [-0.3, -0.25) is 0 Å². The number of fused-ring (bicyclic) bond motifs is 1. The number of halogens is 1. The van der Waals surface area contributed by atoms with Crippen molar-refractivity contribution < 1.29 is 9.47 Å². The van der Waals surface area contributed by atoms with E-state index in [2.05, 4.69) is 19.1 Å². The lowest BCUT2D eigenvalue weighted by Gasteiger charge is -2.14. The average molecular weight is 304 g/mol. The second-order valence-corrected chi connectivity index (χ2v) is 5.76. The van der Waals surface area contributed by atoms with E-state index >= 15 is 0 Å². The molecule has 0 aromatic heterocycles. The van der Waals surface area contributed by atoms with Crippen LogP contribution < -0.4 is 15.2 Å². The van der Waals surface area contributed by atoms with E-state index in [-0.39, 0.29) is 6.10 Å². The van der Waals surface area contributed by atoms with Crippen LogP contribution in [0.5, 0.6) is 11.5 Å². The van der Waals surface area contributed by atoms with Crippen molar-refractivity contribution in [2.45, 2.75) is 26.0 Å². The first-order valence-electron chi connectivity index (χ1n) is 7.03. The predicted molar refractivity (Wildman–Crippen MR) is 84.1 cm³/mol. The zero-order valence-electron chi connectivity index (χ0n) is 11.9. The summed E-state index contributed by atoms with van der Waals surface area (Å²) in [4.78, 5) is 0. The van der Waals surface area contributed by atoms with Crippen molar-refractivity contribution >= 4 is 11.6 Å². The molecule has 1 heterocycles. The Hall–Kier alpha value is -1.71. The summed E-state index contributed by atoms with van der Waals surface area (Å²) in [7, 11) is 0. The molecular weight excluding hydrogens is 286 g/mol. The molecule has 0 aliphatic carbocycles. The Labute approximate surface area is 129 Å². The van der Waals surface area contributed by atoms with Crippen LogP contribution in [0.1, 0.15) is 16.7 Å². The van der Waals surface area contributed by atoms with Crippen molar-refractivity contribution in [1.29, 1.82) is 0 Å². The van der Waals surface area contributed by atoms with Crippen molar-refractivity contribution in [3.63, 3.8) is 0 Å². The molecule has 0 saturated heterocycles. The molecule has 0 spiro atoms. The normalized spacial score (nSPS) is 16.4.